The number of anilines is 2. The molecule has 4 rings (SSSR count). The van der Waals surface area contributed by atoms with Crippen molar-refractivity contribution in [2.75, 3.05) is 23.4 Å². The maximum absolute atomic E-state index is 13.4. The quantitative estimate of drug-likeness (QED) is 0.504. The molecule has 0 N–H and O–H groups in total. The highest BCUT2D eigenvalue weighted by Gasteiger charge is 2.27. The molecule has 0 saturated carbocycles. The van der Waals surface area contributed by atoms with E-state index in [4.69, 9.17) is 0 Å². The number of nitrogens with zero attached hydrogens (tertiary/aromatic N) is 4. The Morgan fingerprint density at radius 2 is 1.43 bits per heavy atom. The summed E-state index contributed by atoms with van der Waals surface area (Å²) in [5, 5.41) is 0. The highest BCUT2D eigenvalue weighted by atomic mass is 16.2. The van der Waals surface area contributed by atoms with Gasteiger partial charge in [-0.25, -0.2) is 4.98 Å². The second-order valence-corrected chi connectivity index (χ2v) is 6.82. The van der Waals surface area contributed by atoms with Crippen LogP contribution in [0.4, 0.5) is 11.4 Å². The van der Waals surface area contributed by atoms with Crippen LogP contribution in [0.25, 0.3) is 5.52 Å². The van der Waals surface area contributed by atoms with Gasteiger partial charge in [-0.2, -0.15) is 0 Å². The van der Waals surface area contributed by atoms with Gasteiger partial charge in [0.1, 0.15) is 0 Å². The number of benzene rings is 2. The van der Waals surface area contributed by atoms with E-state index in [1.807, 2.05) is 79.7 Å². The van der Waals surface area contributed by atoms with Gasteiger partial charge >= 0.3 is 0 Å². The number of para-hydroxylation sites is 2. The first-order valence-electron chi connectivity index (χ1n) is 9.79. The van der Waals surface area contributed by atoms with Gasteiger partial charge < -0.3 is 9.80 Å². The molecule has 2 amide bonds. The van der Waals surface area contributed by atoms with Crippen LogP contribution < -0.4 is 9.80 Å². The molecule has 0 spiro atoms. The Morgan fingerprint density at radius 1 is 0.833 bits per heavy atom. The fraction of sp³-hybridized carbons (Fsp3) is 0.125. The molecule has 0 bridgehead atoms. The molecule has 30 heavy (non-hydrogen) atoms. The molecule has 2 aromatic heterocycles. The van der Waals surface area contributed by atoms with Gasteiger partial charge in [0.05, 0.1) is 5.52 Å². The van der Waals surface area contributed by atoms with E-state index < -0.39 is 0 Å². The highest BCUT2D eigenvalue weighted by molar-refractivity contribution is 6.11. The minimum absolute atomic E-state index is 0.209. The van der Waals surface area contributed by atoms with Crippen molar-refractivity contribution in [2.45, 2.75) is 6.92 Å². The van der Waals surface area contributed by atoms with Crippen molar-refractivity contribution in [1.82, 2.24) is 9.38 Å². The summed E-state index contributed by atoms with van der Waals surface area (Å²) >= 11 is 0. The monoisotopic (exact) mass is 398 g/mol. The van der Waals surface area contributed by atoms with Crippen LogP contribution in [0.2, 0.25) is 0 Å². The number of rotatable bonds is 5. The van der Waals surface area contributed by atoms with E-state index in [-0.39, 0.29) is 23.3 Å². The number of fused-ring (bicyclic) bond motifs is 1. The maximum atomic E-state index is 13.4. The standard InChI is InChI=1S/C24H22N4O2/c1-3-27(19-14-8-5-9-15-19)24(30)22-25-21(20-16-10-11-17-28(20)22)23(29)26(2)18-12-6-4-7-13-18/h4-17H,3H2,1-2H3. The summed E-state index contributed by atoms with van der Waals surface area (Å²) < 4.78 is 1.68. The smallest absolute Gasteiger partial charge is 0.294 e. The van der Waals surface area contributed by atoms with Crippen LogP contribution in [-0.2, 0) is 0 Å². The zero-order valence-electron chi connectivity index (χ0n) is 16.9. The molecule has 0 radical (unpaired) electrons. The fourth-order valence-electron chi connectivity index (χ4n) is 3.45. The predicted molar refractivity (Wildman–Crippen MR) is 118 cm³/mol. The normalized spacial score (nSPS) is 10.7. The minimum atomic E-state index is -0.272. The van der Waals surface area contributed by atoms with E-state index in [0.29, 0.717) is 12.1 Å². The van der Waals surface area contributed by atoms with Crippen molar-refractivity contribution in [3.05, 3.63) is 96.6 Å². The van der Waals surface area contributed by atoms with Crippen LogP contribution in [0.1, 0.15) is 28.0 Å². The second kappa shape index (κ2) is 8.21. The van der Waals surface area contributed by atoms with Crippen molar-refractivity contribution in [3.63, 3.8) is 0 Å². The van der Waals surface area contributed by atoms with Crippen LogP contribution in [0.3, 0.4) is 0 Å². The number of imidazole rings is 1. The molecule has 0 aliphatic heterocycles. The van der Waals surface area contributed by atoms with Gasteiger partial charge in [-0.15, -0.1) is 0 Å². The second-order valence-electron chi connectivity index (χ2n) is 6.82. The molecule has 150 valence electrons. The third-order valence-electron chi connectivity index (χ3n) is 5.02. The summed E-state index contributed by atoms with van der Waals surface area (Å²) in [4.78, 5) is 34.3. The topological polar surface area (TPSA) is 57.9 Å². The van der Waals surface area contributed by atoms with Crippen molar-refractivity contribution in [3.8, 4) is 0 Å². The molecule has 0 atom stereocenters. The van der Waals surface area contributed by atoms with E-state index >= 15 is 0 Å². The van der Waals surface area contributed by atoms with Gasteiger partial charge in [-0.1, -0.05) is 42.5 Å². The third kappa shape index (κ3) is 3.43. The molecule has 4 aromatic rings. The van der Waals surface area contributed by atoms with Crippen LogP contribution in [0.15, 0.2) is 85.1 Å². The Bertz CT molecular complexity index is 1190. The average molecular weight is 398 g/mol. The molecular weight excluding hydrogens is 376 g/mol. The van der Waals surface area contributed by atoms with E-state index in [2.05, 4.69) is 4.98 Å². The summed E-state index contributed by atoms with van der Waals surface area (Å²) in [5.41, 5.74) is 2.38. The van der Waals surface area contributed by atoms with E-state index in [1.165, 1.54) is 0 Å². The summed E-state index contributed by atoms with van der Waals surface area (Å²) in [6.45, 7) is 2.40. The molecule has 0 aliphatic carbocycles. The number of hydrogen-bond donors (Lipinski definition) is 0. The molecule has 0 aliphatic rings. The summed E-state index contributed by atoms with van der Waals surface area (Å²) in [6, 6.07) is 24.3. The molecular formula is C24H22N4O2. The number of aromatic nitrogens is 2. The number of hydrogen-bond acceptors (Lipinski definition) is 3. The summed E-state index contributed by atoms with van der Waals surface area (Å²) in [6.07, 6.45) is 1.76. The van der Waals surface area contributed by atoms with E-state index in [0.717, 1.165) is 11.4 Å². The first-order valence-corrected chi connectivity index (χ1v) is 9.79. The van der Waals surface area contributed by atoms with Crippen LogP contribution in [0.5, 0.6) is 0 Å². The average Bonchev–Trinajstić information content (AvgIpc) is 3.19. The Kier molecular flexibility index (Phi) is 5.30. The molecule has 2 heterocycles. The number of pyridine rings is 1. The van der Waals surface area contributed by atoms with Gasteiger partial charge in [0.25, 0.3) is 11.8 Å². The van der Waals surface area contributed by atoms with E-state index in [9.17, 15) is 9.59 Å². The molecule has 6 nitrogen and oxygen atoms in total. The Morgan fingerprint density at radius 3 is 2.07 bits per heavy atom. The van der Waals surface area contributed by atoms with Gasteiger partial charge in [0.15, 0.2) is 5.69 Å². The van der Waals surface area contributed by atoms with E-state index in [1.54, 1.807) is 33.5 Å². The number of carbonyl (C=O) groups excluding carboxylic acids is 2. The summed E-state index contributed by atoms with van der Waals surface area (Å²) in [7, 11) is 1.70. The fourth-order valence-corrected chi connectivity index (χ4v) is 3.45. The Hall–Kier alpha value is -3.93. The lowest BCUT2D eigenvalue weighted by Gasteiger charge is -2.20. The predicted octanol–water partition coefficient (Wildman–Crippen LogP) is 4.28. The van der Waals surface area contributed by atoms with Gasteiger partial charge in [-0.05, 0) is 43.3 Å². The SMILES string of the molecule is CCN(C(=O)c1nc(C(=O)N(C)c2ccccc2)c2ccccn12)c1ccccc1. The zero-order chi connectivity index (χ0) is 21.1. The molecule has 0 unspecified atom stereocenters. The van der Waals surface area contributed by atoms with Crippen molar-refractivity contribution < 1.29 is 9.59 Å². The summed E-state index contributed by atoms with van der Waals surface area (Å²) in [5.74, 6) is -0.320. The van der Waals surface area contributed by atoms with Crippen LogP contribution in [0, 0.1) is 0 Å². The first-order chi connectivity index (χ1) is 14.6. The van der Waals surface area contributed by atoms with Crippen molar-refractivity contribution >= 4 is 28.7 Å². The van der Waals surface area contributed by atoms with Crippen LogP contribution in [-0.4, -0.2) is 34.8 Å². The van der Waals surface area contributed by atoms with Crippen molar-refractivity contribution in [1.29, 1.82) is 0 Å². The van der Waals surface area contributed by atoms with Gasteiger partial charge in [0.2, 0.25) is 5.82 Å². The zero-order valence-corrected chi connectivity index (χ0v) is 16.9. The van der Waals surface area contributed by atoms with Crippen molar-refractivity contribution in [2.24, 2.45) is 0 Å². The minimum Gasteiger partial charge on any atom is -0.310 e. The lowest BCUT2D eigenvalue weighted by molar-refractivity contribution is 0.0977. The molecule has 2 aromatic carbocycles. The Labute approximate surface area is 175 Å². The number of amides is 2. The number of carbonyl (C=O) groups is 2. The first kappa shape index (κ1) is 19.4. The lowest BCUT2D eigenvalue weighted by Crippen LogP contribution is -2.32. The maximum Gasteiger partial charge on any atom is 0.294 e. The van der Waals surface area contributed by atoms with Crippen LogP contribution >= 0.6 is 0 Å². The van der Waals surface area contributed by atoms with Gasteiger partial charge in [0, 0.05) is 31.2 Å². The molecule has 0 saturated heterocycles. The molecule has 6 heteroatoms. The highest BCUT2D eigenvalue weighted by Crippen LogP contribution is 2.22. The lowest BCUT2D eigenvalue weighted by atomic mass is 10.2. The Balaban J connectivity index is 1.77. The third-order valence-corrected chi connectivity index (χ3v) is 5.02. The largest absolute Gasteiger partial charge is 0.310 e. The van der Waals surface area contributed by atoms with Gasteiger partial charge in [-0.3, -0.25) is 14.0 Å². The molecule has 0 fully saturated rings.